The van der Waals surface area contributed by atoms with Gasteiger partial charge in [-0.15, -0.1) is 12.4 Å². The molecule has 0 unspecified atom stereocenters. The zero-order valence-corrected chi connectivity index (χ0v) is 3.22. The fourth-order valence-electron chi connectivity index (χ4n) is 0. The molecule has 0 saturated heterocycles. The Kier molecular flexibility index (Phi) is 6300. The summed E-state index contributed by atoms with van der Waals surface area (Å²) in [7, 11) is 0. The van der Waals surface area contributed by atoms with Gasteiger partial charge in [0.15, 0.2) is 0 Å². The molecule has 0 amide bonds. The van der Waals surface area contributed by atoms with Crippen LogP contribution in [0.5, 0.6) is 0 Å². The van der Waals surface area contributed by atoms with Gasteiger partial charge in [-0.1, -0.05) is 0 Å². The summed E-state index contributed by atoms with van der Waals surface area (Å²) in [4.78, 5) is 0. The second-order valence-corrected chi connectivity index (χ2v) is 0. The van der Waals surface area contributed by atoms with Gasteiger partial charge < -0.3 is 21.9 Å². The molecule has 4 nitrogen and oxygen atoms in total. The average Bonchev–Trinajstić information content (AvgIpc) is 0. The van der Waals surface area contributed by atoms with Crippen LogP contribution in [-0.4, -0.2) is 47.7 Å². The monoisotopic (exact) mass is 226 g/mol. The van der Waals surface area contributed by atoms with Gasteiger partial charge in [0, 0.05) is 0 Å². The second kappa shape index (κ2) is 150. The first-order valence-electron chi connectivity index (χ1n) is 0. The van der Waals surface area contributed by atoms with Gasteiger partial charge in [0.05, 0.1) is 0 Å². The summed E-state index contributed by atoms with van der Waals surface area (Å²) < 4.78 is 0. The van der Waals surface area contributed by atoms with Crippen LogP contribution in [-0.2, 0) is 0 Å². The molecule has 6 heavy (non-hydrogen) atoms. The van der Waals surface area contributed by atoms with Crippen molar-refractivity contribution in [3.8, 4) is 0 Å². The van der Waals surface area contributed by atoms with Crippen LogP contribution in [0.3, 0.4) is 0 Å². The standard InChI is InChI=1S/ClH.In.4H2O.3H/h1H;;4*1H2;;;. The molecule has 0 heterocycles. The summed E-state index contributed by atoms with van der Waals surface area (Å²) in [6.07, 6.45) is 0. The van der Waals surface area contributed by atoms with Crippen LogP contribution in [0, 0.1) is 0 Å². The first-order chi connectivity index (χ1) is 0. The van der Waals surface area contributed by atoms with Crippen LogP contribution in [0.4, 0.5) is 0 Å². The molecular formula is H12ClInO4. The quantitative estimate of drug-likeness (QED) is 0.398. The zero-order chi connectivity index (χ0) is 0. The second-order valence-electron chi connectivity index (χ2n) is 0. The van der Waals surface area contributed by atoms with Crippen molar-refractivity contribution in [3.63, 3.8) is 0 Å². The van der Waals surface area contributed by atoms with E-state index in [4.69, 9.17) is 0 Å². The summed E-state index contributed by atoms with van der Waals surface area (Å²) in [5, 5.41) is 0. The van der Waals surface area contributed by atoms with Crippen LogP contribution in [0.1, 0.15) is 0 Å². The van der Waals surface area contributed by atoms with Gasteiger partial charge >= 0.3 is 25.8 Å². The van der Waals surface area contributed by atoms with Gasteiger partial charge in [-0.25, -0.2) is 0 Å². The average molecular weight is 226 g/mol. The van der Waals surface area contributed by atoms with Crippen LogP contribution in [0.15, 0.2) is 0 Å². The van der Waals surface area contributed by atoms with E-state index < -0.39 is 0 Å². The molecule has 0 aliphatic carbocycles. The third-order valence-corrected chi connectivity index (χ3v) is 0. The summed E-state index contributed by atoms with van der Waals surface area (Å²) in [5.41, 5.74) is 0. The molecule has 0 radical (unpaired) electrons. The van der Waals surface area contributed by atoms with Crippen molar-refractivity contribution < 1.29 is 21.9 Å². The maximum atomic E-state index is 0. The van der Waals surface area contributed by atoms with Crippen molar-refractivity contribution in [3.05, 3.63) is 0 Å². The van der Waals surface area contributed by atoms with Crippen molar-refractivity contribution in [1.29, 1.82) is 0 Å². The van der Waals surface area contributed by atoms with Gasteiger partial charge in [-0.3, -0.25) is 0 Å². The van der Waals surface area contributed by atoms with E-state index in [9.17, 15) is 0 Å². The fourth-order valence-corrected chi connectivity index (χ4v) is 0. The van der Waals surface area contributed by atoms with Crippen LogP contribution >= 0.6 is 12.4 Å². The SMILES string of the molecule is Cl.O.O.O.O.[InH3]. The predicted molar refractivity (Wildman–Crippen MR) is 31.6 cm³/mol. The van der Waals surface area contributed by atoms with Crippen molar-refractivity contribution in [1.82, 2.24) is 0 Å². The Balaban J connectivity index is 0. The zero-order valence-electron chi connectivity index (χ0n) is 2.41. The Labute approximate surface area is 60.4 Å². The number of rotatable bonds is 0. The van der Waals surface area contributed by atoms with E-state index in [0.29, 0.717) is 0 Å². The van der Waals surface area contributed by atoms with Crippen LogP contribution in [0.25, 0.3) is 0 Å². The molecule has 0 fully saturated rings. The van der Waals surface area contributed by atoms with E-state index in [1.807, 2.05) is 0 Å². The summed E-state index contributed by atoms with van der Waals surface area (Å²) in [6, 6.07) is 0. The van der Waals surface area contributed by atoms with E-state index in [1.165, 1.54) is 0 Å². The normalized spacial score (nSPS) is 0. The first-order valence-corrected chi connectivity index (χ1v) is 0. The van der Waals surface area contributed by atoms with Gasteiger partial charge in [0.2, 0.25) is 0 Å². The molecule has 0 rings (SSSR count). The number of halogens is 1. The van der Waals surface area contributed by atoms with Crippen molar-refractivity contribution >= 4 is 38.3 Å². The Morgan fingerprint density at radius 1 is 0.500 bits per heavy atom. The molecule has 0 aromatic rings. The van der Waals surface area contributed by atoms with Gasteiger partial charge in [0.1, 0.15) is 0 Å². The Bertz CT molecular complexity index is 7.51. The molecule has 0 aromatic carbocycles. The van der Waals surface area contributed by atoms with Gasteiger partial charge in [0.25, 0.3) is 0 Å². The molecule has 8 N–H and O–H groups in total. The first kappa shape index (κ1) is 252. The molecule has 0 bridgehead atoms. The van der Waals surface area contributed by atoms with Gasteiger partial charge in [-0.2, -0.15) is 0 Å². The Morgan fingerprint density at radius 3 is 0.500 bits per heavy atom. The molecule has 0 saturated carbocycles. The Hall–Kier alpha value is 1.00. The van der Waals surface area contributed by atoms with Crippen LogP contribution in [0.2, 0.25) is 0 Å². The minimum absolute atomic E-state index is 0. The van der Waals surface area contributed by atoms with Gasteiger partial charge in [-0.05, 0) is 0 Å². The molecule has 0 aliphatic rings. The van der Waals surface area contributed by atoms with Crippen molar-refractivity contribution in [2.75, 3.05) is 0 Å². The van der Waals surface area contributed by atoms with E-state index in [2.05, 4.69) is 0 Å². The van der Waals surface area contributed by atoms with E-state index >= 15 is 0 Å². The summed E-state index contributed by atoms with van der Waals surface area (Å²) >= 11 is 0. The van der Waals surface area contributed by atoms with E-state index in [1.54, 1.807) is 0 Å². The molecular weight excluding hydrogens is 214 g/mol. The molecule has 6 heteroatoms. The molecule has 0 spiro atoms. The molecule has 0 atom stereocenters. The third-order valence-electron chi connectivity index (χ3n) is 0. The fraction of sp³-hybridized carbons (Fsp3) is 0. The molecule has 46 valence electrons. The van der Waals surface area contributed by atoms with E-state index in [-0.39, 0.29) is 60.2 Å². The number of hydrogen-bond acceptors (Lipinski definition) is 0. The third kappa shape index (κ3) is 80.0. The van der Waals surface area contributed by atoms with Crippen molar-refractivity contribution in [2.45, 2.75) is 0 Å². The van der Waals surface area contributed by atoms with E-state index in [0.717, 1.165) is 0 Å². The molecule has 0 aromatic heterocycles. The topological polar surface area (TPSA) is 126 Å². The minimum atomic E-state index is 0. The summed E-state index contributed by atoms with van der Waals surface area (Å²) in [6.45, 7) is 0. The Morgan fingerprint density at radius 2 is 0.500 bits per heavy atom. The summed E-state index contributed by atoms with van der Waals surface area (Å²) in [5.74, 6) is 0. The predicted octanol–water partition coefficient (Wildman–Crippen LogP) is -4.06. The van der Waals surface area contributed by atoms with Crippen molar-refractivity contribution in [2.24, 2.45) is 0 Å². The number of hydrogen-bond donors (Lipinski definition) is 0. The maximum absolute atomic E-state index is 0. The molecule has 0 aliphatic heterocycles. The van der Waals surface area contributed by atoms with Crippen LogP contribution < -0.4 is 0 Å².